The van der Waals surface area contributed by atoms with Gasteiger partial charge in [0.05, 0.1) is 5.69 Å². The predicted octanol–water partition coefficient (Wildman–Crippen LogP) is 5.70. The minimum Gasteiger partial charge on any atom is -0.339 e. The molecule has 0 saturated heterocycles. The van der Waals surface area contributed by atoms with E-state index in [-0.39, 0.29) is 5.41 Å². The molecule has 0 radical (unpaired) electrons. The second-order valence-electron chi connectivity index (χ2n) is 5.40. The Morgan fingerprint density at radius 1 is 1.10 bits per heavy atom. The molecule has 1 aromatic heterocycles. The fourth-order valence-electron chi connectivity index (χ4n) is 1.55. The van der Waals surface area contributed by atoms with E-state index >= 15 is 0 Å². The zero-order valence-corrected chi connectivity index (χ0v) is 15.3. The summed E-state index contributed by atoms with van der Waals surface area (Å²) >= 11 is 13.0. The Labute approximate surface area is 140 Å². The van der Waals surface area contributed by atoms with E-state index in [0.717, 1.165) is 14.6 Å². The number of nitrogens with one attached hydrogen (secondary N) is 1. The lowest BCUT2D eigenvalue weighted by Crippen LogP contribution is -2.16. The summed E-state index contributed by atoms with van der Waals surface area (Å²) in [5, 5.41) is 3.68. The minimum atomic E-state index is -0.154. The quantitative estimate of drug-likeness (QED) is 0.635. The van der Waals surface area contributed by atoms with Crippen LogP contribution >= 0.6 is 43.5 Å². The molecule has 1 N–H and O–H groups in total. The fraction of sp³-hybridized carbons (Fsp3) is 0.286. The van der Waals surface area contributed by atoms with E-state index in [1.807, 2.05) is 18.2 Å². The van der Waals surface area contributed by atoms with Gasteiger partial charge < -0.3 is 5.32 Å². The number of nitrogens with zero attached hydrogens (tertiary/aromatic N) is 2. The van der Waals surface area contributed by atoms with Gasteiger partial charge in [0, 0.05) is 20.4 Å². The summed E-state index contributed by atoms with van der Waals surface area (Å²) in [7, 11) is 0. The number of benzene rings is 1. The number of hydrogen-bond donors (Lipinski definition) is 1. The van der Waals surface area contributed by atoms with Crippen LogP contribution in [0.25, 0.3) is 0 Å². The number of rotatable bonds is 2. The third kappa shape index (κ3) is 3.93. The van der Waals surface area contributed by atoms with Gasteiger partial charge in [-0.3, -0.25) is 0 Å². The van der Waals surface area contributed by atoms with Crippen LogP contribution in [0.1, 0.15) is 26.6 Å². The maximum Gasteiger partial charge on any atom is 0.137 e. The molecule has 2 rings (SSSR count). The second kappa shape index (κ2) is 6.00. The van der Waals surface area contributed by atoms with Gasteiger partial charge in [-0.1, -0.05) is 48.3 Å². The molecule has 1 aromatic carbocycles. The number of aromatic nitrogens is 2. The molecule has 3 nitrogen and oxygen atoms in total. The van der Waals surface area contributed by atoms with E-state index in [0.29, 0.717) is 16.8 Å². The van der Waals surface area contributed by atoms with Crippen LogP contribution in [0.15, 0.2) is 33.2 Å². The van der Waals surface area contributed by atoms with Crippen LogP contribution in [-0.4, -0.2) is 9.97 Å². The van der Waals surface area contributed by atoms with Crippen molar-refractivity contribution in [3.05, 3.63) is 44.2 Å². The van der Waals surface area contributed by atoms with Crippen LogP contribution in [0.2, 0.25) is 5.15 Å². The average Bonchev–Trinajstić information content (AvgIpc) is 2.31. The molecule has 20 heavy (non-hydrogen) atoms. The van der Waals surface area contributed by atoms with Gasteiger partial charge in [-0.2, -0.15) is 0 Å². The Morgan fingerprint density at radius 2 is 1.80 bits per heavy atom. The molecular formula is C14H14Br2ClN3. The molecule has 106 valence electrons. The normalized spacial score (nSPS) is 11.5. The Hall–Kier alpha value is -0.650. The van der Waals surface area contributed by atoms with Crippen LogP contribution in [0.5, 0.6) is 0 Å². The van der Waals surface area contributed by atoms with E-state index in [1.54, 1.807) is 6.07 Å². The molecule has 0 unspecified atom stereocenters. The van der Waals surface area contributed by atoms with Crippen molar-refractivity contribution in [2.24, 2.45) is 0 Å². The molecule has 0 bridgehead atoms. The standard InChI is InChI=1S/C14H14Br2ClN3/c1-14(2,3)13-19-11(17)7-12(20-13)18-10-5-4-8(15)6-9(10)16/h4-7H,1-3H3,(H,18,19,20). The SMILES string of the molecule is CC(C)(C)c1nc(Cl)cc(Nc2ccc(Br)cc2Br)n1. The first-order chi connectivity index (χ1) is 9.25. The van der Waals surface area contributed by atoms with E-state index < -0.39 is 0 Å². The van der Waals surface area contributed by atoms with E-state index in [4.69, 9.17) is 11.6 Å². The Morgan fingerprint density at radius 3 is 2.40 bits per heavy atom. The number of halogens is 3. The van der Waals surface area contributed by atoms with Crippen molar-refractivity contribution in [2.45, 2.75) is 26.2 Å². The van der Waals surface area contributed by atoms with Crippen LogP contribution in [-0.2, 0) is 5.41 Å². The zero-order chi connectivity index (χ0) is 14.9. The summed E-state index contributed by atoms with van der Waals surface area (Å²) in [5.41, 5.74) is 0.765. The van der Waals surface area contributed by atoms with Gasteiger partial charge in [-0.05, 0) is 34.1 Å². The maximum absolute atomic E-state index is 6.08. The van der Waals surface area contributed by atoms with Crippen molar-refractivity contribution in [3.8, 4) is 0 Å². The van der Waals surface area contributed by atoms with Crippen molar-refractivity contribution >= 4 is 55.0 Å². The molecule has 0 spiro atoms. The fourth-order valence-corrected chi connectivity index (χ4v) is 2.88. The van der Waals surface area contributed by atoms with Gasteiger partial charge in [0.2, 0.25) is 0 Å². The van der Waals surface area contributed by atoms with Gasteiger partial charge in [0.1, 0.15) is 16.8 Å². The molecule has 0 aliphatic carbocycles. The highest BCUT2D eigenvalue weighted by atomic mass is 79.9. The van der Waals surface area contributed by atoms with Crippen LogP contribution in [0.4, 0.5) is 11.5 Å². The van der Waals surface area contributed by atoms with Crippen molar-refractivity contribution in [1.82, 2.24) is 9.97 Å². The van der Waals surface area contributed by atoms with Crippen LogP contribution in [0, 0.1) is 0 Å². The first-order valence-electron chi connectivity index (χ1n) is 6.03. The summed E-state index contributed by atoms with van der Waals surface area (Å²) in [6, 6.07) is 7.60. The molecule has 2 aromatic rings. The number of anilines is 2. The molecule has 6 heteroatoms. The van der Waals surface area contributed by atoms with E-state index in [2.05, 4.69) is 67.9 Å². The third-order valence-electron chi connectivity index (χ3n) is 2.56. The lowest BCUT2D eigenvalue weighted by Gasteiger charge is -2.18. The minimum absolute atomic E-state index is 0.154. The first kappa shape index (κ1) is 15.7. The molecule has 0 fully saturated rings. The molecule has 0 aliphatic heterocycles. The van der Waals surface area contributed by atoms with Crippen molar-refractivity contribution in [3.63, 3.8) is 0 Å². The Kier molecular flexibility index (Phi) is 4.72. The predicted molar refractivity (Wildman–Crippen MR) is 90.9 cm³/mol. The summed E-state index contributed by atoms with van der Waals surface area (Å²) in [4.78, 5) is 8.80. The third-order valence-corrected chi connectivity index (χ3v) is 3.90. The molecule has 0 saturated carbocycles. The monoisotopic (exact) mass is 417 g/mol. The van der Waals surface area contributed by atoms with Gasteiger partial charge in [-0.15, -0.1) is 0 Å². The van der Waals surface area contributed by atoms with E-state index in [9.17, 15) is 0 Å². The summed E-state index contributed by atoms with van der Waals surface area (Å²) < 4.78 is 1.95. The van der Waals surface area contributed by atoms with Crippen molar-refractivity contribution in [2.75, 3.05) is 5.32 Å². The summed E-state index contributed by atoms with van der Waals surface area (Å²) in [6.45, 7) is 6.16. The highest BCUT2D eigenvalue weighted by Gasteiger charge is 2.19. The molecule has 0 aliphatic rings. The maximum atomic E-state index is 6.08. The van der Waals surface area contributed by atoms with Crippen LogP contribution in [0.3, 0.4) is 0 Å². The average molecular weight is 420 g/mol. The number of hydrogen-bond acceptors (Lipinski definition) is 3. The Bertz CT molecular complexity index is 639. The second-order valence-corrected chi connectivity index (χ2v) is 7.56. The van der Waals surface area contributed by atoms with Crippen molar-refractivity contribution < 1.29 is 0 Å². The highest BCUT2D eigenvalue weighted by Crippen LogP contribution is 2.29. The van der Waals surface area contributed by atoms with Gasteiger partial charge in [0.15, 0.2) is 0 Å². The summed E-state index contributed by atoms with van der Waals surface area (Å²) in [6.07, 6.45) is 0. The van der Waals surface area contributed by atoms with Gasteiger partial charge >= 0.3 is 0 Å². The smallest absolute Gasteiger partial charge is 0.137 e. The molecular weight excluding hydrogens is 405 g/mol. The largest absolute Gasteiger partial charge is 0.339 e. The zero-order valence-electron chi connectivity index (χ0n) is 11.3. The van der Waals surface area contributed by atoms with Crippen molar-refractivity contribution in [1.29, 1.82) is 0 Å². The molecule has 0 atom stereocenters. The molecule has 1 heterocycles. The highest BCUT2D eigenvalue weighted by molar-refractivity contribution is 9.11. The van der Waals surface area contributed by atoms with E-state index in [1.165, 1.54) is 0 Å². The Balaban J connectivity index is 2.36. The van der Waals surface area contributed by atoms with Gasteiger partial charge in [0.25, 0.3) is 0 Å². The first-order valence-corrected chi connectivity index (χ1v) is 7.99. The molecule has 0 amide bonds. The lowest BCUT2D eigenvalue weighted by molar-refractivity contribution is 0.546. The van der Waals surface area contributed by atoms with Gasteiger partial charge in [-0.25, -0.2) is 9.97 Å². The topological polar surface area (TPSA) is 37.8 Å². The lowest BCUT2D eigenvalue weighted by atomic mass is 9.96. The summed E-state index contributed by atoms with van der Waals surface area (Å²) in [5.74, 6) is 1.39. The van der Waals surface area contributed by atoms with Crippen LogP contribution < -0.4 is 5.32 Å².